The third-order valence-corrected chi connectivity index (χ3v) is 2.23. The molecule has 0 aromatic rings. The summed E-state index contributed by atoms with van der Waals surface area (Å²) in [6, 6.07) is -0.482. The van der Waals surface area contributed by atoms with Crippen molar-refractivity contribution < 1.29 is 19.5 Å². The van der Waals surface area contributed by atoms with Crippen molar-refractivity contribution in [2.45, 2.75) is 25.3 Å². The summed E-state index contributed by atoms with van der Waals surface area (Å²) >= 11 is 0. The number of piperidine rings is 1. The summed E-state index contributed by atoms with van der Waals surface area (Å²) in [6.45, 7) is 0.519. The maximum absolute atomic E-state index is 11.2. The molecule has 7 heteroatoms. The first-order valence-electron chi connectivity index (χ1n) is 5.11. The molecule has 1 aliphatic heterocycles. The fourth-order valence-corrected chi connectivity index (χ4v) is 1.38. The first-order valence-corrected chi connectivity index (χ1v) is 5.11. The highest BCUT2D eigenvalue weighted by molar-refractivity contribution is 5.78. The molecule has 90 valence electrons. The van der Waals surface area contributed by atoms with Gasteiger partial charge >= 0.3 is 12.0 Å². The van der Waals surface area contributed by atoms with Gasteiger partial charge in [-0.2, -0.15) is 0 Å². The van der Waals surface area contributed by atoms with Crippen LogP contribution in [0.4, 0.5) is 4.79 Å². The molecule has 0 aromatic heterocycles. The highest BCUT2D eigenvalue weighted by atomic mass is 16.4. The lowest BCUT2D eigenvalue weighted by Gasteiger charge is -2.23. The first-order chi connectivity index (χ1) is 7.58. The van der Waals surface area contributed by atoms with E-state index in [2.05, 4.69) is 16.0 Å². The minimum atomic E-state index is -0.953. The summed E-state index contributed by atoms with van der Waals surface area (Å²) in [6.07, 6.45) is 0.910. The zero-order chi connectivity index (χ0) is 12.0. The van der Waals surface area contributed by atoms with Crippen LogP contribution in [0.3, 0.4) is 0 Å². The average molecular weight is 229 g/mol. The molecule has 1 saturated heterocycles. The standard InChI is InChI=1S/C9H15N3O4/c13-7-2-1-6(5-11-7)12-9(16)10-4-3-8(14)15/h6H,1-5H2,(H,11,13)(H,14,15)(H2,10,12,16). The molecule has 7 nitrogen and oxygen atoms in total. The van der Waals surface area contributed by atoms with Gasteiger partial charge in [0.25, 0.3) is 0 Å². The van der Waals surface area contributed by atoms with Crippen LogP contribution in [0.25, 0.3) is 0 Å². The molecule has 1 aliphatic rings. The summed E-state index contributed by atoms with van der Waals surface area (Å²) in [5.74, 6) is -0.963. The van der Waals surface area contributed by atoms with Crippen LogP contribution >= 0.6 is 0 Å². The number of hydrogen-bond acceptors (Lipinski definition) is 3. The number of carbonyl (C=O) groups is 3. The fourth-order valence-electron chi connectivity index (χ4n) is 1.38. The van der Waals surface area contributed by atoms with Crippen molar-refractivity contribution in [2.24, 2.45) is 0 Å². The Bertz CT molecular complexity index is 282. The van der Waals surface area contributed by atoms with Crippen molar-refractivity contribution in [1.82, 2.24) is 16.0 Å². The van der Waals surface area contributed by atoms with E-state index in [1.54, 1.807) is 0 Å². The van der Waals surface area contributed by atoms with Crippen molar-refractivity contribution in [3.63, 3.8) is 0 Å². The number of aliphatic carboxylic acids is 1. The Morgan fingerprint density at radius 3 is 2.81 bits per heavy atom. The molecule has 0 bridgehead atoms. The zero-order valence-corrected chi connectivity index (χ0v) is 8.78. The lowest BCUT2D eigenvalue weighted by molar-refractivity contribution is -0.136. The Labute approximate surface area is 92.6 Å². The van der Waals surface area contributed by atoms with Crippen LogP contribution in [0, 0.1) is 0 Å². The number of nitrogens with one attached hydrogen (secondary N) is 3. The number of carboxylic acids is 1. The normalized spacial score (nSPS) is 19.8. The van der Waals surface area contributed by atoms with E-state index in [4.69, 9.17) is 5.11 Å². The second-order valence-electron chi connectivity index (χ2n) is 3.58. The molecule has 16 heavy (non-hydrogen) atoms. The number of urea groups is 1. The molecule has 1 rings (SSSR count). The van der Waals surface area contributed by atoms with Gasteiger partial charge in [-0.05, 0) is 6.42 Å². The number of hydrogen-bond donors (Lipinski definition) is 4. The minimum absolute atomic E-state index is 0.00987. The van der Waals surface area contributed by atoms with Crippen molar-refractivity contribution >= 4 is 17.9 Å². The van der Waals surface area contributed by atoms with Gasteiger partial charge in [-0.25, -0.2) is 4.79 Å². The largest absolute Gasteiger partial charge is 0.481 e. The minimum Gasteiger partial charge on any atom is -0.481 e. The zero-order valence-electron chi connectivity index (χ0n) is 8.78. The Morgan fingerprint density at radius 2 is 2.25 bits per heavy atom. The van der Waals surface area contributed by atoms with Crippen LogP contribution in [0.2, 0.25) is 0 Å². The summed E-state index contributed by atoms with van der Waals surface area (Å²) < 4.78 is 0. The van der Waals surface area contributed by atoms with Gasteiger partial charge in [-0.3, -0.25) is 9.59 Å². The molecule has 1 heterocycles. The summed E-state index contributed by atoms with van der Waals surface area (Å²) in [5, 5.41) is 16.1. The van der Waals surface area contributed by atoms with Gasteiger partial charge in [0.2, 0.25) is 5.91 Å². The summed E-state index contributed by atoms with van der Waals surface area (Å²) in [5.41, 5.74) is 0. The molecular formula is C9H15N3O4. The number of carbonyl (C=O) groups excluding carboxylic acids is 2. The van der Waals surface area contributed by atoms with Gasteiger partial charge in [0.15, 0.2) is 0 Å². The van der Waals surface area contributed by atoms with Crippen LogP contribution in [0.15, 0.2) is 0 Å². The van der Waals surface area contributed by atoms with Crippen molar-refractivity contribution in [2.75, 3.05) is 13.1 Å². The van der Waals surface area contributed by atoms with E-state index < -0.39 is 12.0 Å². The van der Waals surface area contributed by atoms with Crippen molar-refractivity contribution in [1.29, 1.82) is 0 Å². The van der Waals surface area contributed by atoms with Gasteiger partial charge in [-0.1, -0.05) is 0 Å². The van der Waals surface area contributed by atoms with E-state index in [1.807, 2.05) is 0 Å². The first kappa shape index (κ1) is 12.3. The molecule has 0 aromatic carbocycles. The smallest absolute Gasteiger partial charge is 0.315 e. The number of rotatable bonds is 4. The molecule has 0 aliphatic carbocycles. The van der Waals surface area contributed by atoms with Crippen LogP contribution in [-0.4, -0.2) is 42.1 Å². The third-order valence-electron chi connectivity index (χ3n) is 2.23. The SMILES string of the molecule is O=C(O)CCNC(=O)NC1CCC(=O)NC1. The second kappa shape index (κ2) is 5.94. The predicted octanol–water partition coefficient (Wildman–Crippen LogP) is -0.961. The monoisotopic (exact) mass is 229 g/mol. The van der Waals surface area contributed by atoms with Gasteiger partial charge in [0.1, 0.15) is 0 Å². The Kier molecular flexibility index (Phi) is 4.56. The van der Waals surface area contributed by atoms with Gasteiger partial charge < -0.3 is 21.1 Å². The molecule has 0 saturated carbocycles. The lowest BCUT2D eigenvalue weighted by atomic mass is 10.1. The van der Waals surface area contributed by atoms with E-state index in [1.165, 1.54) is 0 Å². The summed E-state index contributed by atoms with van der Waals surface area (Å²) in [4.78, 5) is 32.3. The molecule has 3 amide bonds. The molecule has 1 atom stereocenters. The lowest BCUT2D eigenvalue weighted by Crippen LogP contribution is -2.50. The maximum atomic E-state index is 11.2. The molecule has 4 N–H and O–H groups in total. The molecule has 1 unspecified atom stereocenters. The average Bonchev–Trinajstić information content (AvgIpc) is 2.21. The number of carboxylic acid groups (broad SMARTS) is 1. The Balaban J connectivity index is 2.14. The van der Waals surface area contributed by atoms with E-state index in [-0.39, 0.29) is 24.9 Å². The van der Waals surface area contributed by atoms with Crippen molar-refractivity contribution in [3.05, 3.63) is 0 Å². The van der Waals surface area contributed by atoms with Crippen LogP contribution in [-0.2, 0) is 9.59 Å². The fraction of sp³-hybridized carbons (Fsp3) is 0.667. The number of amides is 3. The van der Waals surface area contributed by atoms with Crippen LogP contribution in [0.1, 0.15) is 19.3 Å². The molecular weight excluding hydrogens is 214 g/mol. The van der Waals surface area contributed by atoms with Crippen molar-refractivity contribution in [3.8, 4) is 0 Å². The van der Waals surface area contributed by atoms with Crippen LogP contribution < -0.4 is 16.0 Å². The van der Waals surface area contributed by atoms with Crippen LogP contribution in [0.5, 0.6) is 0 Å². The predicted molar refractivity (Wildman–Crippen MR) is 54.8 cm³/mol. The Morgan fingerprint density at radius 1 is 1.50 bits per heavy atom. The second-order valence-corrected chi connectivity index (χ2v) is 3.58. The molecule has 1 fully saturated rings. The molecule has 0 spiro atoms. The highest BCUT2D eigenvalue weighted by Crippen LogP contribution is 2.01. The third kappa shape index (κ3) is 4.63. The van der Waals surface area contributed by atoms with E-state index >= 15 is 0 Å². The molecule has 0 radical (unpaired) electrons. The van der Waals surface area contributed by atoms with Gasteiger partial charge in [0, 0.05) is 25.6 Å². The topological polar surface area (TPSA) is 108 Å². The quantitative estimate of drug-likeness (QED) is 0.498. The Hall–Kier alpha value is -1.79. The van der Waals surface area contributed by atoms with E-state index in [9.17, 15) is 14.4 Å². The highest BCUT2D eigenvalue weighted by Gasteiger charge is 2.19. The van der Waals surface area contributed by atoms with E-state index in [0.29, 0.717) is 19.4 Å². The maximum Gasteiger partial charge on any atom is 0.315 e. The van der Waals surface area contributed by atoms with Gasteiger partial charge in [-0.15, -0.1) is 0 Å². The van der Waals surface area contributed by atoms with E-state index in [0.717, 1.165) is 0 Å². The summed E-state index contributed by atoms with van der Waals surface area (Å²) in [7, 11) is 0. The van der Waals surface area contributed by atoms with Gasteiger partial charge in [0.05, 0.1) is 6.42 Å².